The first-order chi connectivity index (χ1) is 50.6. The van der Waals surface area contributed by atoms with Gasteiger partial charge in [0.2, 0.25) is 0 Å². The Morgan fingerprint density at radius 3 is 0.683 bits per heavy atom. The monoisotopic (exact) mass is 1520 g/mol. The van der Waals surface area contributed by atoms with Gasteiger partial charge in [-0.15, -0.1) is 0 Å². The van der Waals surface area contributed by atoms with Crippen molar-refractivity contribution in [1.29, 1.82) is 0 Å². The predicted molar refractivity (Wildman–Crippen MR) is 428 cm³/mol. The molecule has 19 heteroatoms. The lowest BCUT2D eigenvalue weighted by molar-refractivity contribution is -0.161. The van der Waals surface area contributed by atoms with Crippen molar-refractivity contribution in [3.8, 4) is 0 Å². The lowest BCUT2D eigenvalue weighted by Crippen LogP contribution is -2.30. The summed E-state index contributed by atoms with van der Waals surface area (Å²) in [5.41, 5.74) is 0. The first kappa shape index (κ1) is 102. The van der Waals surface area contributed by atoms with Crippen molar-refractivity contribution in [3.63, 3.8) is 0 Å². The van der Waals surface area contributed by atoms with Crippen LogP contribution in [0.25, 0.3) is 0 Å². The smallest absolute Gasteiger partial charge is 0.462 e. The number of unbranched alkanes of at least 4 members (excludes halogenated alkanes) is 56. The van der Waals surface area contributed by atoms with Crippen LogP contribution >= 0.6 is 15.6 Å². The van der Waals surface area contributed by atoms with Crippen LogP contribution in [0.1, 0.15) is 458 Å². The molecule has 0 rings (SSSR count). The molecule has 0 aromatic carbocycles. The highest BCUT2D eigenvalue weighted by Gasteiger charge is 2.30. The molecular formula is C85H166O17P2. The average Bonchev–Trinajstić information content (AvgIpc) is 0.906. The summed E-state index contributed by atoms with van der Waals surface area (Å²) in [7, 11) is -9.92. The fourth-order valence-electron chi connectivity index (χ4n) is 13.3. The Balaban J connectivity index is 5.19. The molecular weight excluding hydrogens is 1350 g/mol. The number of rotatable bonds is 85. The molecule has 0 bridgehead atoms. The van der Waals surface area contributed by atoms with E-state index in [0.717, 1.165) is 95.8 Å². The van der Waals surface area contributed by atoms with E-state index in [2.05, 4.69) is 34.6 Å². The van der Waals surface area contributed by atoms with E-state index in [4.69, 9.17) is 37.0 Å². The highest BCUT2D eigenvalue weighted by Crippen LogP contribution is 2.45. The molecule has 3 N–H and O–H groups in total. The Labute approximate surface area is 638 Å². The van der Waals surface area contributed by atoms with Gasteiger partial charge in [0.15, 0.2) is 12.2 Å². The van der Waals surface area contributed by atoms with Gasteiger partial charge in [0.1, 0.15) is 19.3 Å². The summed E-state index contributed by atoms with van der Waals surface area (Å²) in [4.78, 5) is 73.1. The van der Waals surface area contributed by atoms with Gasteiger partial charge in [0, 0.05) is 25.7 Å². The van der Waals surface area contributed by atoms with Crippen LogP contribution in [-0.2, 0) is 65.4 Å². The lowest BCUT2D eigenvalue weighted by atomic mass is 9.99. The van der Waals surface area contributed by atoms with Gasteiger partial charge >= 0.3 is 39.5 Å². The third-order valence-electron chi connectivity index (χ3n) is 20.4. The second-order valence-electron chi connectivity index (χ2n) is 30.8. The van der Waals surface area contributed by atoms with E-state index in [0.29, 0.717) is 25.7 Å². The van der Waals surface area contributed by atoms with E-state index in [1.165, 1.54) is 283 Å². The second kappa shape index (κ2) is 77.8. The molecule has 17 nitrogen and oxygen atoms in total. The van der Waals surface area contributed by atoms with Crippen LogP contribution in [0, 0.1) is 5.92 Å². The number of aliphatic hydroxyl groups is 1. The van der Waals surface area contributed by atoms with Crippen molar-refractivity contribution in [3.05, 3.63) is 0 Å². The summed E-state index contributed by atoms with van der Waals surface area (Å²) < 4.78 is 68.8. The van der Waals surface area contributed by atoms with Crippen molar-refractivity contribution in [1.82, 2.24) is 0 Å². The summed E-state index contributed by atoms with van der Waals surface area (Å²) >= 11 is 0. The number of carbonyl (C=O) groups is 4. The van der Waals surface area contributed by atoms with Gasteiger partial charge in [-0.25, -0.2) is 9.13 Å². The van der Waals surface area contributed by atoms with E-state index in [1.807, 2.05) is 0 Å². The van der Waals surface area contributed by atoms with Gasteiger partial charge in [-0.2, -0.15) is 0 Å². The Morgan fingerprint density at radius 2 is 0.462 bits per heavy atom. The summed E-state index contributed by atoms with van der Waals surface area (Å²) in [5, 5.41) is 10.7. The van der Waals surface area contributed by atoms with Crippen LogP contribution in [0.15, 0.2) is 0 Å². The number of ether oxygens (including phenoxy) is 4. The van der Waals surface area contributed by atoms with Crippen molar-refractivity contribution < 1.29 is 80.2 Å². The molecule has 0 radical (unpaired) electrons. The minimum absolute atomic E-state index is 0.109. The Morgan fingerprint density at radius 1 is 0.269 bits per heavy atom. The highest BCUT2D eigenvalue weighted by molar-refractivity contribution is 7.47. The quantitative estimate of drug-likeness (QED) is 0.0222. The number of hydrogen-bond donors (Lipinski definition) is 3. The maximum absolute atomic E-state index is 13.1. The van der Waals surface area contributed by atoms with Crippen molar-refractivity contribution in [2.45, 2.75) is 477 Å². The molecule has 6 atom stereocenters. The van der Waals surface area contributed by atoms with Gasteiger partial charge < -0.3 is 33.8 Å². The normalized spacial score (nSPS) is 14.0. The third-order valence-corrected chi connectivity index (χ3v) is 22.3. The maximum Gasteiger partial charge on any atom is 0.472 e. The fraction of sp³-hybridized carbons (Fsp3) is 0.953. The van der Waals surface area contributed by atoms with E-state index < -0.39 is 97.5 Å². The number of aliphatic hydroxyl groups excluding tert-OH is 1. The van der Waals surface area contributed by atoms with Gasteiger partial charge in [0.25, 0.3) is 0 Å². The van der Waals surface area contributed by atoms with Crippen LogP contribution in [-0.4, -0.2) is 96.7 Å². The van der Waals surface area contributed by atoms with E-state index >= 15 is 0 Å². The number of phosphoric ester groups is 2. The third kappa shape index (κ3) is 76.8. The molecule has 0 aliphatic rings. The topological polar surface area (TPSA) is 237 Å². The Bertz CT molecular complexity index is 1980. The van der Waals surface area contributed by atoms with Crippen LogP contribution < -0.4 is 0 Å². The summed E-state index contributed by atoms with van der Waals surface area (Å²) in [5.74, 6) is -1.25. The minimum Gasteiger partial charge on any atom is -0.462 e. The van der Waals surface area contributed by atoms with Crippen LogP contribution in [0.4, 0.5) is 0 Å². The highest BCUT2D eigenvalue weighted by atomic mass is 31.2. The standard InChI is InChI=1S/C85H166O17P2/c1-6-10-13-16-19-22-24-26-28-30-31-32-33-35-37-43-47-51-56-61-66-71-85(90)102-81(75-96-83(88)69-64-59-54-49-45-41-39-38-40-44-48-52-57-62-67-78(5)9-4)77-100-104(93,94)98-73-79(86)72-97-103(91,92)99-76-80(74-95-82(87)68-63-58-53-21-18-15-12-8-3)101-84(89)70-65-60-55-50-46-42-36-34-29-27-25-23-20-17-14-11-7-2/h78-81,86H,6-77H2,1-5H3,(H,91,92)(H,93,94)/t78?,79-,80+,81+/m0/s1. The summed E-state index contributed by atoms with van der Waals surface area (Å²) in [6.45, 7) is 7.39. The van der Waals surface area contributed by atoms with Gasteiger partial charge in [-0.05, 0) is 31.6 Å². The minimum atomic E-state index is -4.96. The summed E-state index contributed by atoms with van der Waals surface area (Å²) in [6.07, 6.45) is 70.9. The molecule has 104 heavy (non-hydrogen) atoms. The Kier molecular flexibility index (Phi) is 76.3. The fourth-order valence-corrected chi connectivity index (χ4v) is 14.8. The van der Waals surface area contributed by atoms with Gasteiger partial charge in [-0.3, -0.25) is 37.3 Å². The van der Waals surface area contributed by atoms with Gasteiger partial charge in [0.05, 0.1) is 26.4 Å². The molecule has 0 aliphatic heterocycles. The zero-order valence-corrected chi connectivity index (χ0v) is 70.0. The van der Waals surface area contributed by atoms with E-state index in [-0.39, 0.29) is 25.7 Å². The molecule has 0 saturated heterocycles. The lowest BCUT2D eigenvalue weighted by Gasteiger charge is -2.21. The number of hydrogen-bond acceptors (Lipinski definition) is 15. The number of esters is 4. The zero-order chi connectivity index (χ0) is 76.2. The molecule has 0 saturated carbocycles. The average molecular weight is 1520 g/mol. The molecule has 3 unspecified atom stereocenters. The number of phosphoric acid groups is 2. The first-order valence-electron chi connectivity index (χ1n) is 44.2. The van der Waals surface area contributed by atoms with E-state index in [1.54, 1.807) is 0 Å². The molecule has 0 spiro atoms. The van der Waals surface area contributed by atoms with Crippen molar-refractivity contribution in [2.75, 3.05) is 39.6 Å². The van der Waals surface area contributed by atoms with Crippen LogP contribution in [0.3, 0.4) is 0 Å². The SMILES string of the molecule is CCCCCCCCCCCCCCCCCCCCCCCC(=O)O[C@H](COC(=O)CCCCCCCCCCCCCCCCC(C)CC)COP(=O)(O)OC[C@@H](O)COP(=O)(O)OC[C@@H](COC(=O)CCCCCCCCCC)OC(=O)CCCCCCCCCCCCCCCCCCC. The van der Waals surface area contributed by atoms with Crippen molar-refractivity contribution >= 4 is 39.5 Å². The second-order valence-corrected chi connectivity index (χ2v) is 33.7. The molecule has 0 aliphatic carbocycles. The first-order valence-corrected chi connectivity index (χ1v) is 47.2. The van der Waals surface area contributed by atoms with Crippen molar-refractivity contribution in [2.24, 2.45) is 5.92 Å². The zero-order valence-electron chi connectivity index (χ0n) is 68.2. The van der Waals surface area contributed by atoms with Crippen LogP contribution in [0.2, 0.25) is 0 Å². The van der Waals surface area contributed by atoms with Crippen LogP contribution in [0.5, 0.6) is 0 Å². The Hall–Kier alpha value is -1.94. The predicted octanol–water partition coefficient (Wildman–Crippen LogP) is 26.0. The van der Waals surface area contributed by atoms with E-state index in [9.17, 15) is 43.2 Å². The van der Waals surface area contributed by atoms with Gasteiger partial charge in [-0.1, -0.05) is 407 Å². The maximum atomic E-state index is 13.1. The largest absolute Gasteiger partial charge is 0.472 e. The molecule has 0 fully saturated rings. The summed E-state index contributed by atoms with van der Waals surface area (Å²) in [6, 6.07) is 0. The molecule has 0 amide bonds. The molecule has 0 aromatic rings. The molecule has 618 valence electrons. The molecule has 0 heterocycles. The molecule has 0 aromatic heterocycles. The number of carbonyl (C=O) groups excluding carboxylic acids is 4.